The van der Waals surface area contributed by atoms with Gasteiger partial charge in [-0.05, 0) is 59.1 Å². The molecule has 0 radical (unpaired) electrons. The number of hydrogen-bond donors (Lipinski definition) is 3. The molecule has 28 heavy (non-hydrogen) atoms. The third-order valence-corrected chi connectivity index (χ3v) is 4.05. The highest BCUT2D eigenvalue weighted by Crippen LogP contribution is 2.07. The lowest BCUT2D eigenvalue weighted by Gasteiger charge is -2.20. The van der Waals surface area contributed by atoms with Gasteiger partial charge in [0.1, 0.15) is 11.9 Å². The topological polar surface area (TPSA) is 96.5 Å². The predicted molar refractivity (Wildman–Crippen MR) is 109 cm³/mol. The van der Waals surface area contributed by atoms with Crippen LogP contribution in [0.4, 0.5) is 4.79 Å². The van der Waals surface area contributed by atoms with Crippen molar-refractivity contribution in [3.05, 3.63) is 35.9 Å². The molecular weight excluding hydrogens is 358 g/mol. The van der Waals surface area contributed by atoms with Gasteiger partial charge in [0.25, 0.3) is 0 Å². The zero-order valence-corrected chi connectivity index (χ0v) is 17.3. The van der Waals surface area contributed by atoms with E-state index in [0.717, 1.165) is 11.8 Å². The lowest BCUT2D eigenvalue weighted by molar-refractivity contribution is -0.125. The van der Waals surface area contributed by atoms with E-state index in [4.69, 9.17) is 4.74 Å². The Balaban J connectivity index is 2.33. The Hall–Kier alpha value is -2.41. The smallest absolute Gasteiger partial charge is 0.407 e. The molecule has 3 N–H and O–H groups in total. The summed E-state index contributed by atoms with van der Waals surface area (Å²) in [4.78, 5) is 35.3. The second kappa shape index (κ2) is 12.1. The fraction of sp³-hybridized carbons (Fsp3) is 0.571. The Morgan fingerprint density at radius 1 is 1.14 bits per heavy atom. The van der Waals surface area contributed by atoms with E-state index in [1.54, 1.807) is 27.8 Å². The summed E-state index contributed by atoms with van der Waals surface area (Å²) in [5.41, 5.74) is 0.522. The van der Waals surface area contributed by atoms with Gasteiger partial charge in [-0.25, -0.2) is 4.79 Å². The number of amides is 2. The molecule has 1 aromatic rings. The van der Waals surface area contributed by atoms with Gasteiger partial charge in [-0.15, -0.1) is 0 Å². The van der Waals surface area contributed by atoms with Crippen LogP contribution in [0.15, 0.2) is 30.3 Å². The van der Waals surface area contributed by atoms with Gasteiger partial charge in [0.2, 0.25) is 5.91 Å². The summed E-state index contributed by atoms with van der Waals surface area (Å²) in [6.07, 6.45) is 2.77. The summed E-state index contributed by atoms with van der Waals surface area (Å²) < 4.78 is 5.16. The number of carbonyl (C=O) groups excluding carboxylic acids is 3. The Bertz CT molecular complexity index is 614. The number of alkyl carbamates (subject to hydrolysis) is 1. The number of ether oxygens (including phenoxy) is 1. The van der Waals surface area contributed by atoms with Gasteiger partial charge in [0.15, 0.2) is 0 Å². The van der Waals surface area contributed by atoms with Gasteiger partial charge in [0, 0.05) is 6.54 Å². The molecule has 0 aliphatic heterocycles. The van der Waals surface area contributed by atoms with E-state index >= 15 is 0 Å². The number of likely N-dealkylation sites (N-methyl/N-ethyl adjacent to an activating group) is 1. The van der Waals surface area contributed by atoms with Crippen molar-refractivity contribution in [2.45, 2.75) is 64.1 Å². The van der Waals surface area contributed by atoms with E-state index in [1.807, 2.05) is 30.3 Å². The maximum atomic E-state index is 12.5. The van der Waals surface area contributed by atoms with Gasteiger partial charge in [-0.1, -0.05) is 30.3 Å². The lowest BCUT2D eigenvalue weighted by atomic mass is 10.0. The minimum Gasteiger partial charge on any atom is -0.444 e. The number of nitrogens with one attached hydrogen (secondary N) is 3. The van der Waals surface area contributed by atoms with Gasteiger partial charge >= 0.3 is 6.09 Å². The summed E-state index contributed by atoms with van der Waals surface area (Å²) in [5.74, 6) is -0.199. The second-order valence-corrected chi connectivity index (χ2v) is 7.71. The Kier molecular flexibility index (Phi) is 10.2. The standard InChI is InChI=1S/C21H33N3O4/c1-21(2,3)28-20(27)23-13-9-8-12-17(15-25)24-19(26)18(22-4)14-16-10-6-5-7-11-16/h5-7,10-11,15,17-18,22H,8-9,12-14H2,1-4H3,(H,23,27)(H,24,26)/t17-,18-/m0/s1. The molecule has 0 aliphatic rings. The van der Waals surface area contributed by atoms with Crippen LogP contribution in [0.3, 0.4) is 0 Å². The molecule has 0 heterocycles. The summed E-state index contributed by atoms with van der Waals surface area (Å²) in [5, 5.41) is 8.46. The van der Waals surface area contributed by atoms with Crippen molar-refractivity contribution >= 4 is 18.3 Å². The number of hydrogen-bond acceptors (Lipinski definition) is 5. The maximum absolute atomic E-state index is 12.5. The van der Waals surface area contributed by atoms with Gasteiger partial charge in [0.05, 0.1) is 12.1 Å². The first-order valence-corrected chi connectivity index (χ1v) is 9.69. The van der Waals surface area contributed by atoms with Crippen molar-refractivity contribution in [2.24, 2.45) is 0 Å². The summed E-state index contributed by atoms with van der Waals surface area (Å²) >= 11 is 0. The summed E-state index contributed by atoms with van der Waals surface area (Å²) in [7, 11) is 1.73. The van der Waals surface area contributed by atoms with Crippen LogP contribution in [-0.2, 0) is 20.7 Å². The molecule has 1 rings (SSSR count). The molecular formula is C21H33N3O4. The molecule has 0 fully saturated rings. The molecule has 0 bridgehead atoms. The fourth-order valence-corrected chi connectivity index (χ4v) is 2.63. The minimum atomic E-state index is -0.541. The highest BCUT2D eigenvalue weighted by molar-refractivity contribution is 5.84. The van der Waals surface area contributed by atoms with E-state index in [-0.39, 0.29) is 5.91 Å². The molecule has 0 saturated carbocycles. The number of benzene rings is 1. The average molecular weight is 392 g/mol. The van der Waals surface area contributed by atoms with E-state index in [9.17, 15) is 14.4 Å². The number of rotatable bonds is 11. The van der Waals surface area contributed by atoms with Crippen LogP contribution in [0.5, 0.6) is 0 Å². The third-order valence-electron chi connectivity index (χ3n) is 4.05. The second-order valence-electron chi connectivity index (χ2n) is 7.71. The monoisotopic (exact) mass is 391 g/mol. The summed E-state index contributed by atoms with van der Waals surface area (Å²) in [6, 6.07) is 8.77. The van der Waals surface area contributed by atoms with E-state index < -0.39 is 23.8 Å². The largest absolute Gasteiger partial charge is 0.444 e. The Morgan fingerprint density at radius 3 is 2.39 bits per heavy atom. The van der Waals surface area contributed by atoms with Crippen LogP contribution >= 0.6 is 0 Å². The molecule has 1 aromatic carbocycles. The first-order valence-electron chi connectivity index (χ1n) is 9.69. The van der Waals surface area contributed by atoms with Crippen molar-refractivity contribution in [2.75, 3.05) is 13.6 Å². The highest BCUT2D eigenvalue weighted by Gasteiger charge is 2.20. The van der Waals surface area contributed by atoms with Gasteiger partial charge in [-0.3, -0.25) is 4.79 Å². The third kappa shape index (κ3) is 10.1. The molecule has 156 valence electrons. The maximum Gasteiger partial charge on any atom is 0.407 e. The van der Waals surface area contributed by atoms with Crippen molar-refractivity contribution in [1.29, 1.82) is 0 Å². The SMILES string of the molecule is CN[C@@H](Cc1ccccc1)C(=O)N[C@H](C=O)CCCCNC(=O)OC(C)(C)C. The van der Waals surface area contributed by atoms with Crippen LogP contribution in [0.1, 0.15) is 45.6 Å². The number of aldehydes is 1. The molecule has 0 aliphatic carbocycles. The van der Waals surface area contributed by atoms with E-state index in [2.05, 4.69) is 16.0 Å². The molecule has 0 aromatic heterocycles. The van der Waals surface area contributed by atoms with Crippen LogP contribution in [-0.4, -0.2) is 49.6 Å². The molecule has 0 unspecified atom stereocenters. The van der Waals surface area contributed by atoms with Gasteiger partial charge < -0.3 is 25.5 Å². The Morgan fingerprint density at radius 2 is 1.82 bits per heavy atom. The van der Waals surface area contributed by atoms with E-state index in [0.29, 0.717) is 32.2 Å². The van der Waals surface area contributed by atoms with Crippen LogP contribution in [0.25, 0.3) is 0 Å². The predicted octanol–water partition coefficient (Wildman–Crippen LogP) is 2.20. The molecule has 0 spiro atoms. The van der Waals surface area contributed by atoms with Crippen LogP contribution < -0.4 is 16.0 Å². The van der Waals surface area contributed by atoms with Crippen LogP contribution in [0, 0.1) is 0 Å². The molecule has 7 nitrogen and oxygen atoms in total. The normalized spacial score (nSPS) is 13.3. The molecule has 7 heteroatoms. The zero-order valence-electron chi connectivity index (χ0n) is 17.3. The van der Waals surface area contributed by atoms with Crippen molar-refractivity contribution in [3.8, 4) is 0 Å². The van der Waals surface area contributed by atoms with Crippen LogP contribution in [0.2, 0.25) is 0 Å². The van der Waals surface area contributed by atoms with Crippen molar-refractivity contribution < 1.29 is 19.1 Å². The van der Waals surface area contributed by atoms with Gasteiger partial charge in [-0.2, -0.15) is 0 Å². The lowest BCUT2D eigenvalue weighted by Crippen LogP contribution is -2.48. The fourth-order valence-electron chi connectivity index (χ4n) is 2.63. The Labute approximate surface area is 167 Å². The number of carbonyl (C=O) groups is 3. The molecule has 0 saturated heterocycles. The molecule has 2 amide bonds. The minimum absolute atomic E-state index is 0.199. The highest BCUT2D eigenvalue weighted by atomic mass is 16.6. The summed E-state index contributed by atoms with van der Waals surface area (Å²) in [6.45, 7) is 5.88. The average Bonchev–Trinajstić information content (AvgIpc) is 2.64. The van der Waals surface area contributed by atoms with E-state index in [1.165, 1.54) is 0 Å². The van der Waals surface area contributed by atoms with Crippen molar-refractivity contribution in [1.82, 2.24) is 16.0 Å². The van der Waals surface area contributed by atoms with Crippen molar-refractivity contribution in [3.63, 3.8) is 0 Å². The quantitative estimate of drug-likeness (QED) is 0.397. The first kappa shape index (κ1) is 23.6. The zero-order chi connectivity index (χ0) is 21.0. The first-order chi connectivity index (χ1) is 13.2. The number of unbranched alkanes of at least 4 members (excludes halogenated alkanes) is 1. The molecule has 2 atom stereocenters.